The number of halogens is 1. The van der Waals surface area contributed by atoms with Crippen LogP contribution in [0.3, 0.4) is 0 Å². The van der Waals surface area contributed by atoms with E-state index in [9.17, 15) is 4.79 Å². The highest BCUT2D eigenvalue weighted by Crippen LogP contribution is 2.16. The Balaban J connectivity index is 1.96. The molecule has 0 aliphatic heterocycles. The first kappa shape index (κ1) is 14.8. The summed E-state index contributed by atoms with van der Waals surface area (Å²) in [5.41, 5.74) is 4.31. The Kier molecular flexibility index (Phi) is 4.61. The van der Waals surface area contributed by atoms with Gasteiger partial charge in [0, 0.05) is 30.6 Å². The second-order valence-corrected chi connectivity index (χ2v) is 5.55. The maximum atomic E-state index is 12.1. The lowest BCUT2D eigenvalue weighted by atomic mass is 10.0. The van der Waals surface area contributed by atoms with Crippen LogP contribution in [-0.2, 0) is 24.7 Å². The average molecular weight is 291 g/mol. The number of aromatic nitrogens is 2. The van der Waals surface area contributed by atoms with Gasteiger partial charge in [0.2, 0.25) is 0 Å². The molecule has 1 heterocycles. The van der Waals surface area contributed by atoms with Gasteiger partial charge in [0.05, 0.1) is 5.69 Å². The molecule has 0 radical (unpaired) electrons. The van der Waals surface area contributed by atoms with Crippen molar-refractivity contribution in [3.63, 3.8) is 0 Å². The van der Waals surface area contributed by atoms with Gasteiger partial charge in [-0.25, -0.2) is 0 Å². The number of carbonyl (C=O) groups excluding carboxylic acids is 1. The summed E-state index contributed by atoms with van der Waals surface area (Å²) in [6.07, 6.45) is 1.74. The van der Waals surface area contributed by atoms with E-state index < -0.39 is 0 Å². The molecular weight excluding hydrogens is 272 g/mol. The van der Waals surface area contributed by atoms with E-state index in [1.165, 1.54) is 5.56 Å². The SMILES string of the molecule is Cc1nn(C)c(C)c1CCC(=O)Cc1cccc(Cl)c1. The maximum Gasteiger partial charge on any atom is 0.137 e. The molecule has 0 spiro atoms. The quantitative estimate of drug-likeness (QED) is 0.845. The van der Waals surface area contributed by atoms with E-state index in [0.29, 0.717) is 17.9 Å². The second kappa shape index (κ2) is 6.23. The molecule has 0 N–H and O–H groups in total. The zero-order valence-electron chi connectivity index (χ0n) is 12.1. The Morgan fingerprint density at radius 2 is 2.10 bits per heavy atom. The molecule has 2 rings (SSSR count). The highest BCUT2D eigenvalue weighted by atomic mass is 35.5. The number of rotatable bonds is 5. The first-order valence-electron chi connectivity index (χ1n) is 6.72. The molecule has 0 bridgehead atoms. The first-order chi connectivity index (χ1) is 9.47. The summed E-state index contributed by atoms with van der Waals surface area (Å²) in [4.78, 5) is 12.1. The van der Waals surface area contributed by atoms with Gasteiger partial charge in [0.25, 0.3) is 0 Å². The summed E-state index contributed by atoms with van der Waals surface area (Å²) in [6.45, 7) is 4.03. The van der Waals surface area contributed by atoms with Crippen LogP contribution in [0.1, 0.15) is 28.9 Å². The molecule has 0 aliphatic rings. The third-order valence-electron chi connectivity index (χ3n) is 3.60. The van der Waals surface area contributed by atoms with E-state index in [0.717, 1.165) is 23.4 Å². The Hall–Kier alpha value is -1.61. The second-order valence-electron chi connectivity index (χ2n) is 5.12. The van der Waals surface area contributed by atoms with Crippen LogP contribution in [0.25, 0.3) is 0 Å². The molecule has 20 heavy (non-hydrogen) atoms. The molecular formula is C16H19ClN2O. The third-order valence-corrected chi connectivity index (χ3v) is 3.84. The number of nitrogens with zero attached hydrogens (tertiary/aromatic N) is 2. The summed E-state index contributed by atoms with van der Waals surface area (Å²) in [5, 5.41) is 5.05. The molecule has 0 saturated carbocycles. The average Bonchev–Trinajstić information content (AvgIpc) is 2.61. The Bertz CT molecular complexity index is 631. The number of Topliss-reactive ketones (excluding diaryl/α,β-unsaturated/α-hetero) is 1. The molecule has 0 fully saturated rings. The van der Waals surface area contributed by atoms with Crippen LogP contribution in [0.5, 0.6) is 0 Å². The fraction of sp³-hybridized carbons (Fsp3) is 0.375. The van der Waals surface area contributed by atoms with Crippen molar-refractivity contribution in [1.29, 1.82) is 0 Å². The minimum atomic E-state index is 0.231. The molecule has 0 unspecified atom stereocenters. The zero-order valence-corrected chi connectivity index (χ0v) is 12.9. The van der Waals surface area contributed by atoms with Gasteiger partial charge >= 0.3 is 0 Å². The molecule has 2 aromatic rings. The number of carbonyl (C=O) groups is 1. The topological polar surface area (TPSA) is 34.9 Å². The van der Waals surface area contributed by atoms with Crippen LogP contribution in [0.15, 0.2) is 24.3 Å². The van der Waals surface area contributed by atoms with Crippen molar-refractivity contribution < 1.29 is 4.79 Å². The minimum Gasteiger partial charge on any atom is -0.299 e. The molecule has 3 nitrogen and oxygen atoms in total. The Morgan fingerprint density at radius 1 is 1.35 bits per heavy atom. The predicted molar refractivity (Wildman–Crippen MR) is 81.2 cm³/mol. The van der Waals surface area contributed by atoms with Gasteiger partial charge in [0.1, 0.15) is 5.78 Å². The van der Waals surface area contributed by atoms with Crippen molar-refractivity contribution in [2.45, 2.75) is 33.1 Å². The largest absolute Gasteiger partial charge is 0.299 e. The minimum absolute atomic E-state index is 0.231. The highest BCUT2D eigenvalue weighted by molar-refractivity contribution is 6.30. The first-order valence-corrected chi connectivity index (χ1v) is 7.10. The maximum absolute atomic E-state index is 12.1. The number of hydrogen-bond donors (Lipinski definition) is 0. The van der Waals surface area contributed by atoms with Crippen molar-refractivity contribution >= 4 is 17.4 Å². The van der Waals surface area contributed by atoms with Gasteiger partial charge < -0.3 is 0 Å². The Morgan fingerprint density at radius 3 is 2.70 bits per heavy atom. The van der Waals surface area contributed by atoms with E-state index in [-0.39, 0.29) is 5.78 Å². The molecule has 0 aliphatic carbocycles. The van der Waals surface area contributed by atoms with Crippen molar-refractivity contribution in [2.24, 2.45) is 7.05 Å². The van der Waals surface area contributed by atoms with Crippen molar-refractivity contribution in [3.05, 3.63) is 51.8 Å². The summed E-state index contributed by atoms with van der Waals surface area (Å²) >= 11 is 5.92. The summed E-state index contributed by atoms with van der Waals surface area (Å²) in [6, 6.07) is 7.47. The molecule has 0 atom stereocenters. The van der Waals surface area contributed by atoms with Gasteiger partial charge in [-0.15, -0.1) is 0 Å². The Labute approximate surface area is 124 Å². The summed E-state index contributed by atoms with van der Waals surface area (Å²) < 4.78 is 1.87. The summed E-state index contributed by atoms with van der Waals surface area (Å²) in [5.74, 6) is 0.231. The summed E-state index contributed by atoms with van der Waals surface area (Å²) in [7, 11) is 1.93. The van der Waals surface area contributed by atoms with Crippen molar-refractivity contribution in [1.82, 2.24) is 9.78 Å². The standard InChI is InChI=1S/C16H19ClN2O/c1-11-16(12(2)19(3)18-11)8-7-15(20)10-13-5-4-6-14(17)9-13/h4-6,9H,7-8,10H2,1-3H3. The van der Waals surface area contributed by atoms with Gasteiger partial charge in [-0.3, -0.25) is 9.48 Å². The van der Waals surface area contributed by atoms with Crippen LogP contribution in [-0.4, -0.2) is 15.6 Å². The van der Waals surface area contributed by atoms with Gasteiger partial charge in [0.15, 0.2) is 0 Å². The molecule has 106 valence electrons. The fourth-order valence-corrected chi connectivity index (χ4v) is 2.62. The number of ketones is 1. The van der Waals surface area contributed by atoms with Crippen LogP contribution < -0.4 is 0 Å². The van der Waals surface area contributed by atoms with E-state index in [1.807, 2.05) is 49.8 Å². The lowest BCUT2D eigenvalue weighted by molar-refractivity contribution is -0.118. The van der Waals surface area contributed by atoms with Crippen LogP contribution in [0, 0.1) is 13.8 Å². The van der Waals surface area contributed by atoms with Crippen LogP contribution >= 0.6 is 11.6 Å². The molecule has 4 heteroatoms. The number of hydrogen-bond acceptors (Lipinski definition) is 2. The third kappa shape index (κ3) is 3.48. The molecule has 0 amide bonds. The van der Waals surface area contributed by atoms with E-state index in [4.69, 9.17) is 11.6 Å². The smallest absolute Gasteiger partial charge is 0.137 e. The zero-order chi connectivity index (χ0) is 14.7. The lowest BCUT2D eigenvalue weighted by Crippen LogP contribution is -2.05. The van der Waals surface area contributed by atoms with Crippen molar-refractivity contribution in [3.8, 4) is 0 Å². The normalized spacial score (nSPS) is 10.8. The molecule has 1 aromatic carbocycles. The molecule has 0 saturated heterocycles. The van der Waals surface area contributed by atoms with Gasteiger partial charge in [-0.2, -0.15) is 5.10 Å². The van der Waals surface area contributed by atoms with E-state index in [2.05, 4.69) is 5.10 Å². The van der Waals surface area contributed by atoms with Gasteiger partial charge in [-0.05, 0) is 43.5 Å². The number of aryl methyl sites for hydroxylation is 2. The van der Waals surface area contributed by atoms with Crippen LogP contribution in [0.2, 0.25) is 5.02 Å². The van der Waals surface area contributed by atoms with E-state index >= 15 is 0 Å². The molecule has 1 aromatic heterocycles. The number of benzene rings is 1. The monoisotopic (exact) mass is 290 g/mol. The lowest BCUT2D eigenvalue weighted by Gasteiger charge is -2.03. The van der Waals surface area contributed by atoms with Gasteiger partial charge in [-0.1, -0.05) is 23.7 Å². The fourth-order valence-electron chi connectivity index (χ4n) is 2.41. The van der Waals surface area contributed by atoms with Crippen molar-refractivity contribution in [2.75, 3.05) is 0 Å². The predicted octanol–water partition coefficient (Wildman–Crippen LogP) is 3.43. The van der Waals surface area contributed by atoms with E-state index in [1.54, 1.807) is 0 Å². The van der Waals surface area contributed by atoms with Crippen LogP contribution in [0.4, 0.5) is 0 Å². The highest BCUT2D eigenvalue weighted by Gasteiger charge is 2.11.